The van der Waals surface area contributed by atoms with Crippen molar-refractivity contribution < 1.29 is 19.4 Å². The standard InChI is InChI=1S/C20H26N2O4/c1-12-4-3-5-14(13(12)2)21-8-10-22(11-9-21)19(23)17-15-6-7-16(26-15)18(17)20(24)25/h3-5,15-18H,6-11H2,1-2H3,(H,24,25)/t15-,16-,17-,18+/m1/s1. The lowest BCUT2D eigenvalue weighted by molar-refractivity contribution is -0.151. The number of carboxylic acid groups (broad SMARTS) is 1. The summed E-state index contributed by atoms with van der Waals surface area (Å²) >= 11 is 0. The van der Waals surface area contributed by atoms with Gasteiger partial charge in [0.25, 0.3) is 0 Å². The molecule has 26 heavy (non-hydrogen) atoms. The third kappa shape index (κ3) is 2.76. The molecule has 4 atom stereocenters. The molecule has 0 radical (unpaired) electrons. The van der Waals surface area contributed by atoms with Crippen LogP contribution in [0.1, 0.15) is 24.0 Å². The van der Waals surface area contributed by atoms with Crippen LogP contribution in [0.15, 0.2) is 18.2 Å². The SMILES string of the molecule is Cc1cccc(N2CCN(C(=O)[C@H]3[C@@H](C(=O)O)[C@H]4CC[C@H]3O4)CC2)c1C. The molecule has 6 nitrogen and oxygen atoms in total. The molecule has 3 heterocycles. The minimum atomic E-state index is -0.899. The zero-order chi connectivity index (χ0) is 18.4. The molecular formula is C20H26N2O4. The lowest BCUT2D eigenvalue weighted by Gasteiger charge is -2.39. The van der Waals surface area contributed by atoms with Gasteiger partial charge in [0.05, 0.1) is 24.0 Å². The fraction of sp³-hybridized carbons (Fsp3) is 0.600. The number of amides is 1. The van der Waals surface area contributed by atoms with Gasteiger partial charge in [-0.2, -0.15) is 0 Å². The molecule has 0 unspecified atom stereocenters. The minimum absolute atomic E-state index is 0.0368. The first-order valence-corrected chi connectivity index (χ1v) is 9.45. The Balaban J connectivity index is 1.44. The molecule has 0 saturated carbocycles. The number of piperazine rings is 1. The van der Waals surface area contributed by atoms with Crippen molar-refractivity contribution in [3.63, 3.8) is 0 Å². The zero-order valence-corrected chi connectivity index (χ0v) is 15.4. The van der Waals surface area contributed by atoms with Gasteiger partial charge in [-0.15, -0.1) is 0 Å². The first-order valence-electron chi connectivity index (χ1n) is 9.45. The van der Waals surface area contributed by atoms with Crippen molar-refractivity contribution in [2.24, 2.45) is 11.8 Å². The Hall–Kier alpha value is -2.08. The third-order valence-electron chi connectivity index (χ3n) is 6.35. The first-order chi connectivity index (χ1) is 12.5. The van der Waals surface area contributed by atoms with Gasteiger partial charge in [-0.25, -0.2) is 0 Å². The van der Waals surface area contributed by atoms with Crippen LogP contribution < -0.4 is 4.90 Å². The highest BCUT2D eigenvalue weighted by molar-refractivity contribution is 5.87. The van der Waals surface area contributed by atoms with E-state index in [1.807, 2.05) is 4.90 Å². The van der Waals surface area contributed by atoms with Gasteiger partial charge in [0.1, 0.15) is 0 Å². The van der Waals surface area contributed by atoms with E-state index in [9.17, 15) is 14.7 Å². The zero-order valence-electron chi connectivity index (χ0n) is 15.4. The fourth-order valence-electron chi connectivity index (χ4n) is 4.76. The minimum Gasteiger partial charge on any atom is -0.481 e. The highest BCUT2D eigenvalue weighted by atomic mass is 16.5. The maximum absolute atomic E-state index is 13.0. The molecule has 2 bridgehead atoms. The number of aryl methyl sites for hydroxylation is 1. The second-order valence-corrected chi connectivity index (χ2v) is 7.71. The van der Waals surface area contributed by atoms with Crippen LogP contribution in [-0.2, 0) is 14.3 Å². The van der Waals surface area contributed by atoms with Crippen molar-refractivity contribution in [2.75, 3.05) is 31.1 Å². The molecule has 3 saturated heterocycles. The van der Waals surface area contributed by atoms with Crippen LogP contribution in [-0.4, -0.2) is 60.3 Å². The molecule has 1 amide bonds. The molecule has 140 valence electrons. The molecule has 1 aromatic rings. The van der Waals surface area contributed by atoms with E-state index in [1.165, 1.54) is 16.8 Å². The van der Waals surface area contributed by atoms with Crippen molar-refractivity contribution in [1.82, 2.24) is 4.90 Å². The second-order valence-electron chi connectivity index (χ2n) is 7.71. The smallest absolute Gasteiger partial charge is 0.310 e. The summed E-state index contributed by atoms with van der Waals surface area (Å²) in [5.41, 5.74) is 3.77. The quantitative estimate of drug-likeness (QED) is 0.893. The molecule has 1 aromatic carbocycles. The number of nitrogens with zero attached hydrogens (tertiary/aromatic N) is 2. The normalized spacial score (nSPS) is 30.7. The van der Waals surface area contributed by atoms with Crippen LogP contribution in [0.5, 0.6) is 0 Å². The molecular weight excluding hydrogens is 332 g/mol. The molecule has 3 aliphatic rings. The van der Waals surface area contributed by atoms with Gasteiger partial charge in [-0.05, 0) is 43.9 Å². The number of hydrogen-bond donors (Lipinski definition) is 1. The fourth-order valence-corrected chi connectivity index (χ4v) is 4.76. The molecule has 0 spiro atoms. The van der Waals surface area contributed by atoms with Crippen molar-refractivity contribution in [2.45, 2.75) is 38.9 Å². The largest absolute Gasteiger partial charge is 0.481 e. The predicted molar refractivity (Wildman–Crippen MR) is 97.2 cm³/mol. The maximum Gasteiger partial charge on any atom is 0.310 e. The van der Waals surface area contributed by atoms with Gasteiger partial charge >= 0.3 is 5.97 Å². The average Bonchev–Trinajstić information content (AvgIpc) is 3.25. The highest BCUT2D eigenvalue weighted by Crippen LogP contribution is 2.44. The van der Waals surface area contributed by atoms with E-state index in [4.69, 9.17) is 4.74 Å². The van der Waals surface area contributed by atoms with Gasteiger partial charge in [-0.3, -0.25) is 9.59 Å². The van der Waals surface area contributed by atoms with Crippen LogP contribution in [0, 0.1) is 25.7 Å². The Morgan fingerprint density at radius 2 is 1.69 bits per heavy atom. The number of carbonyl (C=O) groups excluding carboxylic acids is 1. The van der Waals surface area contributed by atoms with Gasteiger partial charge in [0, 0.05) is 31.9 Å². The van der Waals surface area contributed by atoms with Crippen molar-refractivity contribution in [3.05, 3.63) is 29.3 Å². The lowest BCUT2D eigenvalue weighted by atomic mass is 9.78. The summed E-state index contributed by atoms with van der Waals surface area (Å²) in [6, 6.07) is 6.31. The van der Waals surface area contributed by atoms with Crippen LogP contribution >= 0.6 is 0 Å². The first kappa shape index (κ1) is 17.3. The maximum atomic E-state index is 13.0. The summed E-state index contributed by atoms with van der Waals surface area (Å²) in [5.74, 6) is -2.13. The second kappa shape index (κ2) is 6.58. The van der Waals surface area contributed by atoms with E-state index < -0.39 is 17.8 Å². The topological polar surface area (TPSA) is 70.1 Å². The number of aliphatic carboxylic acids is 1. The summed E-state index contributed by atoms with van der Waals surface area (Å²) in [6.07, 6.45) is 1.05. The molecule has 6 heteroatoms. The van der Waals surface area contributed by atoms with E-state index in [0.29, 0.717) is 13.1 Å². The summed E-state index contributed by atoms with van der Waals surface area (Å²) in [6.45, 7) is 7.05. The number of rotatable bonds is 3. The number of fused-ring (bicyclic) bond motifs is 2. The van der Waals surface area contributed by atoms with E-state index in [1.54, 1.807) is 0 Å². The van der Waals surface area contributed by atoms with Crippen LogP contribution in [0.2, 0.25) is 0 Å². The van der Waals surface area contributed by atoms with Crippen molar-refractivity contribution in [3.8, 4) is 0 Å². The molecule has 3 aliphatic heterocycles. The molecule has 0 aromatic heterocycles. The Kier molecular flexibility index (Phi) is 4.39. The van der Waals surface area contributed by atoms with E-state index in [2.05, 4.69) is 36.9 Å². The molecule has 1 N–H and O–H groups in total. The van der Waals surface area contributed by atoms with Crippen LogP contribution in [0.4, 0.5) is 5.69 Å². The number of benzene rings is 1. The Bertz CT molecular complexity index is 727. The van der Waals surface area contributed by atoms with E-state index in [-0.39, 0.29) is 18.1 Å². The van der Waals surface area contributed by atoms with Crippen LogP contribution in [0.3, 0.4) is 0 Å². The number of carbonyl (C=O) groups is 2. The highest BCUT2D eigenvalue weighted by Gasteiger charge is 2.56. The molecule has 0 aliphatic carbocycles. The number of hydrogen-bond acceptors (Lipinski definition) is 4. The van der Waals surface area contributed by atoms with Crippen molar-refractivity contribution >= 4 is 17.6 Å². The molecule has 4 rings (SSSR count). The van der Waals surface area contributed by atoms with Crippen LogP contribution in [0.25, 0.3) is 0 Å². The lowest BCUT2D eigenvalue weighted by Crippen LogP contribution is -2.53. The summed E-state index contributed by atoms with van der Waals surface area (Å²) in [5, 5.41) is 9.54. The summed E-state index contributed by atoms with van der Waals surface area (Å²) in [4.78, 5) is 28.8. The van der Waals surface area contributed by atoms with Gasteiger partial charge < -0.3 is 19.6 Å². The monoisotopic (exact) mass is 358 g/mol. The average molecular weight is 358 g/mol. The predicted octanol–water partition coefficient (Wildman–Crippen LogP) is 1.83. The van der Waals surface area contributed by atoms with Gasteiger partial charge in [0.2, 0.25) is 5.91 Å². The third-order valence-corrected chi connectivity index (χ3v) is 6.35. The van der Waals surface area contributed by atoms with Gasteiger partial charge in [-0.1, -0.05) is 12.1 Å². The van der Waals surface area contributed by atoms with Crippen molar-refractivity contribution in [1.29, 1.82) is 0 Å². The summed E-state index contributed by atoms with van der Waals surface area (Å²) < 4.78 is 5.75. The number of carboxylic acids is 1. The summed E-state index contributed by atoms with van der Waals surface area (Å²) in [7, 11) is 0. The Labute approximate surface area is 153 Å². The van der Waals surface area contributed by atoms with Gasteiger partial charge in [0.15, 0.2) is 0 Å². The van der Waals surface area contributed by atoms with E-state index >= 15 is 0 Å². The number of anilines is 1. The molecule has 3 fully saturated rings. The number of ether oxygens (including phenoxy) is 1. The Morgan fingerprint density at radius 1 is 1.04 bits per heavy atom. The van der Waals surface area contributed by atoms with E-state index in [0.717, 1.165) is 25.9 Å². The Morgan fingerprint density at radius 3 is 2.35 bits per heavy atom.